The molecule has 0 saturated heterocycles. The average molecular weight is 277 g/mol. The summed E-state index contributed by atoms with van der Waals surface area (Å²) in [5, 5.41) is 11.1. The Hall–Kier alpha value is -0.860. The molecular weight excluding hydrogens is 246 g/mol. The molecule has 0 aromatic heterocycles. The molecule has 0 fully saturated rings. The Balaban J connectivity index is 3.26. The highest BCUT2D eigenvalue weighted by molar-refractivity contribution is 5.31. The minimum absolute atomic E-state index is 0.163. The van der Waals surface area contributed by atoms with E-state index in [4.69, 9.17) is 0 Å². The molecule has 0 spiro atoms. The molecule has 1 aromatic rings. The van der Waals surface area contributed by atoms with Gasteiger partial charge in [-0.15, -0.1) is 0 Å². The van der Waals surface area contributed by atoms with E-state index in [1.54, 1.807) is 0 Å². The molecule has 0 saturated carbocycles. The number of rotatable bonds is 7. The second-order valence-corrected chi connectivity index (χ2v) is 5.81. The Kier molecular flexibility index (Phi) is 6.22. The summed E-state index contributed by atoms with van der Waals surface area (Å²) in [6.45, 7) is 14.9. The first-order chi connectivity index (χ1) is 9.44. The number of benzene rings is 1. The second kappa shape index (κ2) is 7.24. The number of aryl methyl sites for hydroxylation is 2. The number of aliphatic hydroxyl groups excluding tert-OH is 1. The maximum Gasteiger partial charge on any atom is 0.0973 e. The Bertz CT molecular complexity index is 399. The van der Waals surface area contributed by atoms with Crippen LogP contribution < -0.4 is 0 Å². The van der Waals surface area contributed by atoms with Gasteiger partial charge in [-0.1, -0.05) is 57.0 Å². The maximum atomic E-state index is 11.1. The summed E-state index contributed by atoms with van der Waals surface area (Å²) in [4.78, 5) is 2.41. The highest BCUT2D eigenvalue weighted by Gasteiger charge is 2.39. The molecule has 1 unspecified atom stereocenters. The summed E-state index contributed by atoms with van der Waals surface area (Å²) < 4.78 is 0. The van der Waals surface area contributed by atoms with Gasteiger partial charge < -0.3 is 5.11 Å². The van der Waals surface area contributed by atoms with Gasteiger partial charge in [0.1, 0.15) is 0 Å². The van der Waals surface area contributed by atoms with Crippen molar-refractivity contribution in [3.63, 3.8) is 0 Å². The standard InChI is InChI=1S/C18H31NO/c1-7-18(8-2,19(9-3)10-4)17(20)16-12-14(5)11-15(6)13-16/h11-13,17,20H,7-10H2,1-6H3. The second-order valence-electron chi connectivity index (χ2n) is 5.81. The molecule has 1 atom stereocenters. The van der Waals surface area contributed by atoms with Gasteiger partial charge in [-0.2, -0.15) is 0 Å². The minimum atomic E-state index is -0.434. The van der Waals surface area contributed by atoms with Crippen LogP contribution in [0, 0.1) is 13.8 Å². The molecule has 1 N–H and O–H groups in total. The van der Waals surface area contributed by atoms with Gasteiger partial charge in [0.05, 0.1) is 11.6 Å². The van der Waals surface area contributed by atoms with Crippen molar-refractivity contribution >= 4 is 0 Å². The van der Waals surface area contributed by atoms with Crippen molar-refractivity contribution in [2.45, 2.75) is 66.0 Å². The van der Waals surface area contributed by atoms with Crippen LogP contribution in [0.25, 0.3) is 0 Å². The Labute approximate surface area is 124 Å². The quantitative estimate of drug-likeness (QED) is 0.806. The molecule has 1 aromatic carbocycles. The maximum absolute atomic E-state index is 11.1. The van der Waals surface area contributed by atoms with Gasteiger partial charge in [0, 0.05) is 0 Å². The van der Waals surface area contributed by atoms with Gasteiger partial charge in [-0.25, -0.2) is 0 Å². The van der Waals surface area contributed by atoms with Gasteiger partial charge in [0.2, 0.25) is 0 Å². The molecule has 1 rings (SSSR count). The smallest absolute Gasteiger partial charge is 0.0973 e. The third kappa shape index (κ3) is 3.24. The molecule has 2 heteroatoms. The molecule has 20 heavy (non-hydrogen) atoms. The van der Waals surface area contributed by atoms with Gasteiger partial charge in [0.15, 0.2) is 0 Å². The van der Waals surface area contributed by atoms with Crippen LogP contribution in [0.2, 0.25) is 0 Å². The van der Waals surface area contributed by atoms with Crippen molar-refractivity contribution in [2.75, 3.05) is 13.1 Å². The highest BCUT2D eigenvalue weighted by Crippen LogP contribution is 2.37. The zero-order valence-electron chi connectivity index (χ0n) is 14.0. The third-order valence-corrected chi connectivity index (χ3v) is 4.69. The molecule has 0 radical (unpaired) electrons. The van der Waals surface area contributed by atoms with Gasteiger partial charge >= 0.3 is 0 Å². The fourth-order valence-corrected chi connectivity index (χ4v) is 3.59. The predicted octanol–water partition coefficient (Wildman–Crippen LogP) is 4.24. The monoisotopic (exact) mass is 277 g/mol. The van der Waals surface area contributed by atoms with Crippen LogP contribution in [0.4, 0.5) is 0 Å². The van der Waals surface area contributed by atoms with E-state index in [0.29, 0.717) is 0 Å². The van der Waals surface area contributed by atoms with Crippen LogP contribution in [-0.2, 0) is 0 Å². The van der Waals surface area contributed by atoms with Crippen molar-refractivity contribution in [1.82, 2.24) is 4.90 Å². The van der Waals surface area contributed by atoms with E-state index in [-0.39, 0.29) is 5.54 Å². The van der Waals surface area contributed by atoms with E-state index in [1.807, 2.05) is 0 Å². The largest absolute Gasteiger partial charge is 0.386 e. The summed E-state index contributed by atoms with van der Waals surface area (Å²) in [6, 6.07) is 6.41. The topological polar surface area (TPSA) is 23.5 Å². The number of aliphatic hydroxyl groups is 1. The van der Waals surface area contributed by atoms with Crippen LogP contribution in [-0.4, -0.2) is 28.6 Å². The van der Waals surface area contributed by atoms with E-state index in [0.717, 1.165) is 31.5 Å². The lowest BCUT2D eigenvalue weighted by Crippen LogP contribution is -2.52. The molecule has 0 aliphatic carbocycles. The fraction of sp³-hybridized carbons (Fsp3) is 0.667. The molecule has 0 aliphatic rings. The number of likely N-dealkylation sites (N-methyl/N-ethyl adjacent to an activating group) is 1. The van der Waals surface area contributed by atoms with E-state index in [9.17, 15) is 5.11 Å². The van der Waals surface area contributed by atoms with Gasteiger partial charge in [-0.3, -0.25) is 4.90 Å². The molecule has 2 nitrogen and oxygen atoms in total. The summed E-state index contributed by atoms with van der Waals surface area (Å²) in [7, 11) is 0. The van der Waals surface area contributed by atoms with Gasteiger partial charge in [0.25, 0.3) is 0 Å². The first kappa shape index (κ1) is 17.2. The van der Waals surface area contributed by atoms with Crippen LogP contribution >= 0.6 is 0 Å². The van der Waals surface area contributed by atoms with E-state index in [1.165, 1.54) is 11.1 Å². The zero-order valence-corrected chi connectivity index (χ0v) is 14.0. The minimum Gasteiger partial charge on any atom is -0.386 e. The molecule has 0 bridgehead atoms. The summed E-state index contributed by atoms with van der Waals surface area (Å²) in [5.74, 6) is 0. The summed E-state index contributed by atoms with van der Waals surface area (Å²) >= 11 is 0. The lowest BCUT2D eigenvalue weighted by atomic mass is 9.80. The van der Waals surface area contributed by atoms with Crippen molar-refractivity contribution in [1.29, 1.82) is 0 Å². The van der Waals surface area contributed by atoms with Crippen molar-refractivity contribution in [3.8, 4) is 0 Å². The van der Waals surface area contributed by atoms with E-state index < -0.39 is 6.10 Å². The van der Waals surface area contributed by atoms with E-state index in [2.05, 4.69) is 64.6 Å². The Morgan fingerprint density at radius 1 is 0.950 bits per heavy atom. The predicted molar refractivity (Wildman–Crippen MR) is 87.1 cm³/mol. The van der Waals surface area contributed by atoms with Gasteiger partial charge in [-0.05, 0) is 45.3 Å². The SMILES string of the molecule is CCN(CC)C(CC)(CC)C(O)c1cc(C)cc(C)c1. The van der Waals surface area contributed by atoms with Crippen LogP contribution in [0.1, 0.15) is 63.3 Å². The molecule has 114 valence electrons. The molecule has 0 heterocycles. The van der Waals surface area contributed by atoms with Crippen LogP contribution in [0.5, 0.6) is 0 Å². The number of hydrogen-bond donors (Lipinski definition) is 1. The number of hydrogen-bond acceptors (Lipinski definition) is 2. The normalized spacial score (nSPS) is 13.8. The van der Waals surface area contributed by atoms with Crippen molar-refractivity contribution < 1.29 is 5.11 Å². The third-order valence-electron chi connectivity index (χ3n) is 4.69. The first-order valence-electron chi connectivity index (χ1n) is 7.96. The van der Waals surface area contributed by atoms with Crippen molar-refractivity contribution in [2.24, 2.45) is 0 Å². The van der Waals surface area contributed by atoms with Crippen LogP contribution in [0.3, 0.4) is 0 Å². The van der Waals surface area contributed by atoms with Crippen LogP contribution in [0.15, 0.2) is 18.2 Å². The fourth-order valence-electron chi connectivity index (χ4n) is 3.59. The lowest BCUT2D eigenvalue weighted by molar-refractivity contribution is -0.0366. The highest BCUT2D eigenvalue weighted by atomic mass is 16.3. The lowest BCUT2D eigenvalue weighted by Gasteiger charge is -2.46. The zero-order chi connectivity index (χ0) is 15.3. The molecule has 0 aliphatic heterocycles. The number of nitrogens with zero attached hydrogens (tertiary/aromatic N) is 1. The van der Waals surface area contributed by atoms with E-state index >= 15 is 0 Å². The Morgan fingerprint density at radius 2 is 1.40 bits per heavy atom. The molecule has 0 amide bonds. The molecular formula is C18H31NO. The van der Waals surface area contributed by atoms with Crippen molar-refractivity contribution in [3.05, 3.63) is 34.9 Å². The Morgan fingerprint density at radius 3 is 1.75 bits per heavy atom. The summed E-state index contributed by atoms with van der Waals surface area (Å²) in [6.07, 6.45) is 1.48. The summed E-state index contributed by atoms with van der Waals surface area (Å²) in [5.41, 5.74) is 3.33. The first-order valence-corrected chi connectivity index (χ1v) is 7.96. The average Bonchev–Trinajstić information content (AvgIpc) is 2.43.